The van der Waals surface area contributed by atoms with Gasteiger partial charge in [-0.1, -0.05) is 29.8 Å². The van der Waals surface area contributed by atoms with Crippen LogP contribution >= 0.6 is 11.8 Å². The van der Waals surface area contributed by atoms with Crippen LogP contribution in [0.5, 0.6) is 5.75 Å². The van der Waals surface area contributed by atoms with Crippen LogP contribution in [-0.4, -0.2) is 42.7 Å². The van der Waals surface area contributed by atoms with Gasteiger partial charge in [-0.25, -0.2) is 9.79 Å². The molecule has 0 unspecified atom stereocenters. The summed E-state index contributed by atoms with van der Waals surface area (Å²) >= 11 is 1.34. The zero-order valence-electron chi connectivity index (χ0n) is 15.8. The number of aryl methyl sites for hydroxylation is 1. The molecule has 1 aliphatic heterocycles. The third-order valence-electron chi connectivity index (χ3n) is 4.02. The van der Waals surface area contributed by atoms with Gasteiger partial charge in [0, 0.05) is 7.05 Å². The summed E-state index contributed by atoms with van der Waals surface area (Å²) < 4.78 is 9.85. The monoisotopic (exact) mass is 396 g/mol. The number of ether oxygens (including phenoxy) is 2. The van der Waals surface area contributed by atoms with Gasteiger partial charge in [0.1, 0.15) is 5.75 Å². The highest BCUT2D eigenvalue weighted by Crippen LogP contribution is 2.33. The molecule has 0 aromatic heterocycles. The summed E-state index contributed by atoms with van der Waals surface area (Å²) in [6, 6.07) is 15.0. The quantitative estimate of drug-likeness (QED) is 0.568. The molecule has 0 radical (unpaired) electrons. The van der Waals surface area contributed by atoms with E-state index in [1.54, 1.807) is 24.1 Å². The summed E-state index contributed by atoms with van der Waals surface area (Å²) in [6.07, 6.45) is 1.81. The van der Waals surface area contributed by atoms with Crippen LogP contribution in [0.2, 0.25) is 0 Å². The second-order valence-electron chi connectivity index (χ2n) is 6.14. The Labute approximate surface area is 167 Å². The number of likely N-dealkylation sites (N-methyl/N-ethyl adjacent to an activating group) is 1. The fourth-order valence-corrected chi connectivity index (χ4v) is 3.38. The molecule has 28 heavy (non-hydrogen) atoms. The van der Waals surface area contributed by atoms with Gasteiger partial charge < -0.3 is 9.47 Å². The Kier molecular flexibility index (Phi) is 6.16. The molecule has 0 saturated carbocycles. The Bertz CT molecular complexity index is 934. The van der Waals surface area contributed by atoms with Crippen molar-refractivity contribution in [3.05, 3.63) is 64.6 Å². The molecule has 1 aliphatic rings. The topological polar surface area (TPSA) is 68.2 Å². The first-order valence-electron chi connectivity index (χ1n) is 8.59. The van der Waals surface area contributed by atoms with Crippen LogP contribution < -0.4 is 4.74 Å². The summed E-state index contributed by atoms with van der Waals surface area (Å²) in [6.45, 7) is 1.87. The SMILES string of the molecule is COC(=O)COc1ccc(/C=C2\SC(=Nc3ccc(C)cc3)N(C)C2=O)cc1. The minimum atomic E-state index is -0.442. The van der Waals surface area contributed by atoms with Gasteiger partial charge in [0.05, 0.1) is 17.7 Å². The Morgan fingerprint density at radius 3 is 2.46 bits per heavy atom. The normalized spacial score (nSPS) is 16.7. The van der Waals surface area contributed by atoms with E-state index in [1.165, 1.54) is 18.9 Å². The predicted molar refractivity (Wildman–Crippen MR) is 111 cm³/mol. The maximum atomic E-state index is 12.5. The number of hydrogen-bond donors (Lipinski definition) is 0. The number of methoxy groups -OCH3 is 1. The standard InChI is InChI=1S/C21H20N2O4S/c1-14-4-8-16(9-5-14)22-21-23(2)20(25)18(28-21)12-15-6-10-17(11-7-15)27-13-19(24)26-3/h4-12H,13H2,1-3H3/b18-12-,22-21?. The summed E-state index contributed by atoms with van der Waals surface area (Å²) in [5, 5.41) is 0.637. The molecule has 3 rings (SSSR count). The maximum absolute atomic E-state index is 12.5. The molecule has 144 valence electrons. The highest BCUT2D eigenvalue weighted by Gasteiger charge is 2.30. The number of thioether (sulfide) groups is 1. The van der Waals surface area contributed by atoms with Crippen molar-refractivity contribution in [1.82, 2.24) is 4.90 Å². The van der Waals surface area contributed by atoms with Gasteiger partial charge >= 0.3 is 5.97 Å². The van der Waals surface area contributed by atoms with Crippen LogP contribution in [0.1, 0.15) is 11.1 Å². The summed E-state index contributed by atoms with van der Waals surface area (Å²) in [5.41, 5.74) is 2.82. The van der Waals surface area contributed by atoms with Crippen LogP contribution in [0.25, 0.3) is 6.08 Å². The third kappa shape index (κ3) is 4.80. The predicted octanol–water partition coefficient (Wildman–Crippen LogP) is 3.78. The molecule has 0 bridgehead atoms. The number of amides is 1. The number of carbonyl (C=O) groups is 2. The van der Waals surface area contributed by atoms with Gasteiger partial charge in [0.2, 0.25) is 0 Å². The number of nitrogens with zero attached hydrogens (tertiary/aromatic N) is 2. The van der Waals surface area contributed by atoms with Gasteiger partial charge in [-0.15, -0.1) is 0 Å². The molecular formula is C21H20N2O4S. The number of benzene rings is 2. The highest BCUT2D eigenvalue weighted by atomic mass is 32.2. The number of amidine groups is 1. The van der Waals surface area contributed by atoms with E-state index in [9.17, 15) is 9.59 Å². The minimum absolute atomic E-state index is 0.0955. The molecule has 1 saturated heterocycles. The van der Waals surface area contributed by atoms with Crippen LogP contribution in [0.15, 0.2) is 58.4 Å². The fraction of sp³-hybridized carbons (Fsp3) is 0.190. The summed E-state index contributed by atoms with van der Waals surface area (Å²) in [7, 11) is 3.03. The van der Waals surface area contributed by atoms with Crippen molar-refractivity contribution in [2.75, 3.05) is 20.8 Å². The van der Waals surface area contributed by atoms with Gasteiger partial charge in [-0.3, -0.25) is 9.69 Å². The van der Waals surface area contributed by atoms with Gasteiger partial charge in [0.15, 0.2) is 11.8 Å². The molecule has 1 amide bonds. The van der Waals surface area contributed by atoms with Crippen molar-refractivity contribution >= 4 is 40.6 Å². The Hall–Kier alpha value is -3.06. The smallest absolute Gasteiger partial charge is 0.343 e. The van der Waals surface area contributed by atoms with Crippen LogP contribution in [0.3, 0.4) is 0 Å². The maximum Gasteiger partial charge on any atom is 0.343 e. The van der Waals surface area contributed by atoms with E-state index < -0.39 is 5.97 Å². The molecule has 0 aliphatic carbocycles. The van der Waals surface area contributed by atoms with E-state index >= 15 is 0 Å². The van der Waals surface area contributed by atoms with E-state index in [2.05, 4.69) is 9.73 Å². The minimum Gasteiger partial charge on any atom is -0.482 e. The van der Waals surface area contributed by atoms with Crippen LogP contribution in [-0.2, 0) is 14.3 Å². The number of aliphatic imine (C=N–C) groups is 1. The van der Waals surface area contributed by atoms with Crippen molar-refractivity contribution in [3.8, 4) is 5.75 Å². The van der Waals surface area contributed by atoms with Gasteiger partial charge in [-0.05, 0) is 54.6 Å². The van der Waals surface area contributed by atoms with Crippen LogP contribution in [0, 0.1) is 6.92 Å². The second kappa shape index (κ2) is 8.75. The first kappa shape index (κ1) is 19.7. The second-order valence-corrected chi connectivity index (χ2v) is 7.15. The molecule has 6 nitrogen and oxygen atoms in total. The molecular weight excluding hydrogens is 376 g/mol. The van der Waals surface area contributed by atoms with Crippen molar-refractivity contribution in [2.24, 2.45) is 4.99 Å². The third-order valence-corrected chi connectivity index (χ3v) is 5.08. The van der Waals surface area contributed by atoms with E-state index in [0.29, 0.717) is 15.8 Å². The number of hydrogen-bond acceptors (Lipinski definition) is 6. The molecule has 0 atom stereocenters. The van der Waals surface area contributed by atoms with Crippen molar-refractivity contribution in [3.63, 3.8) is 0 Å². The zero-order chi connectivity index (χ0) is 20.1. The van der Waals surface area contributed by atoms with Crippen molar-refractivity contribution in [1.29, 1.82) is 0 Å². The molecule has 2 aromatic rings. The lowest BCUT2D eigenvalue weighted by atomic mass is 10.2. The lowest BCUT2D eigenvalue weighted by Crippen LogP contribution is -2.23. The van der Waals surface area contributed by atoms with Gasteiger partial charge in [0.25, 0.3) is 5.91 Å². The molecule has 0 N–H and O–H groups in total. The zero-order valence-corrected chi connectivity index (χ0v) is 16.7. The highest BCUT2D eigenvalue weighted by molar-refractivity contribution is 8.18. The summed E-state index contributed by atoms with van der Waals surface area (Å²) in [4.78, 5) is 30.3. The lowest BCUT2D eigenvalue weighted by Gasteiger charge is -2.07. The molecule has 1 heterocycles. The average Bonchev–Trinajstić information content (AvgIpc) is 2.96. The van der Waals surface area contributed by atoms with E-state index in [0.717, 1.165) is 16.8 Å². The number of esters is 1. The van der Waals surface area contributed by atoms with Gasteiger partial charge in [-0.2, -0.15) is 0 Å². The summed E-state index contributed by atoms with van der Waals surface area (Å²) in [5.74, 6) is 0.0150. The Balaban J connectivity index is 1.72. The first-order chi connectivity index (χ1) is 13.5. The Morgan fingerprint density at radius 1 is 1.14 bits per heavy atom. The van der Waals surface area contributed by atoms with Crippen molar-refractivity contribution < 1.29 is 19.1 Å². The van der Waals surface area contributed by atoms with Crippen LogP contribution in [0.4, 0.5) is 5.69 Å². The molecule has 0 spiro atoms. The molecule has 1 fully saturated rings. The molecule has 7 heteroatoms. The largest absolute Gasteiger partial charge is 0.482 e. The fourth-order valence-electron chi connectivity index (χ4n) is 2.39. The average molecular weight is 396 g/mol. The Morgan fingerprint density at radius 2 is 1.82 bits per heavy atom. The van der Waals surface area contributed by atoms with E-state index in [1.807, 2.05) is 49.4 Å². The van der Waals surface area contributed by atoms with E-state index in [-0.39, 0.29) is 12.5 Å². The number of carbonyl (C=O) groups excluding carboxylic acids is 2. The lowest BCUT2D eigenvalue weighted by molar-refractivity contribution is -0.142. The van der Waals surface area contributed by atoms with E-state index in [4.69, 9.17) is 4.74 Å². The first-order valence-corrected chi connectivity index (χ1v) is 9.40. The number of rotatable bonds is 5. The van der Waals surface area contributed by atoms with Crippen molar-refractivity contribution in [2.45, 2.75) is 6.92 Å². The molecule has 2 aromatic carbocycles.